The van der Waals surface area contributed by atoms with Crippen LogP contribution < -0.4 is 10.6 Å². The Balaban J connectivity index is 1.13. The van der Waals surface area contributed by atoms with Crippen LogP contribution >= 0.6 is 11.6 Å². The Bertz CT molecular complexity index is 1570. The van der Waals surface area contributed by atoms with E-state index in [9.17, 15) is 24.0 Å². The number of hydrogen-bond acceptors (Lipinski definition) is 8. The summed E-state index contributed by atoms with van der Waals surface area (Å²) in [7, 11) is 1.55. The van der Waals surface area contributed by atoms with E-state index < -0.39 is 52.7 Å². The average Bonchev–Trinajstić information content (AvgIpc) is 3.88. The number of amides is 3. The van der Waals surface area contributed by atoms with Crippen molar-refractivity contribution in [2.45, 2.75) is 126 Å². The molecule has 1 aromatic carbocycles. The summed E-state index contributed by atoms with van der Waals surface area (Å²) in [5, 5.41) is 10.9. The van der Waals surface area contributed by atoms with Crippen LogP contribution in [0.15, 0.2) is 29.4 Å². The van der Waals surface area contributed by atoms with Crippen LogP contribution in [0.4, 0.5) is 0 Å². The lowest BCUT2D eigenvalue weighted by atomic mass is 9.86. The van der Waals surface area contributed by atoms with Crippen molar-refractivity contribution >= 4 is 46.6 Å². The fourth-order valence-electron chi connectivity index (χ4n) is 9.06. The summed E-state index contributed by atoms with van der Waals surface area (Å²) in [5.41, 5.74) is -0.447. The molecule has 0 aromatic heterocycles. The van der Waals surface area contributed by atoms with E-state index in [0.717, 1.165) is 31.2 Å². The van der Waals surface area contributed by atoms with E-state index in [1.807, 2.05) is 19.1 Å². The minimum Gasteiger partial charge on any atom is -0.387 e. The van der Waals surface area contributed by atoms with E-state index in [4.69, 9.17) is 21.2 Å². The number of likely N-dealkylation sites (tertiary alicyclic amines) is 1. The Morgan fingerprint density at radius 3 is 2.52 bits per heavy atom. The van der Waals surface area contributed by atoms with Gasteiger partial charge in [0.15, 0.2) is 5.60 Å². The van der Waals surface area contributed by atoms with Gasteiger partial charge in [-0.15, -0.1) is 0 Å². The van der Waals surface area contributed by atoms with Gasteiger partial charge in [-0.25, -0.2) is 0 Å². The van der Waals surface area contributed by atoms with E-state index in [2.05, 4.69) is 15.8 Å². The number of nitrogens with zero attached hydrogens (tertiary/aromatic N) is 2. The number of ether oxygens (including phenoxy) is 1. The van der Waals surface area contributed by atoms with Crippen molar-refractivity contribution in [1.82, 2.24) is 15.5 Å². The zero-order chi connectivity index (χ0) is 35.2. The molecule has 1 spiro atoms. The lowest BCUT2D eigenvalue weighted by Crippen LogP contribution is -2.60. The number of fused-ring (bicyclic) bond motifs is 2. The molecule has 2 aliphatic heterocycles. The minimum absolute atomic E-state index is 0.0447. The van der Waals surface area contributed by atoms with E-state index in [-0.39, 0.29) is 31.2 Å². The van der Waals surface area contributed by atoms with E-state index in [1.54, 1.807) is 19.2 Å². The van der Waals surface area contributed by atoms with Gasteiger partial charge in [-0.1, -0.05) is 48.7 Å². The van der Waals surface area contributed by atoms with E-state index in [0.29, 0.717) is 67.0 Å². The van der Waals surface area contributed by atoms with Crippen LogP contribution in [-0.2, 0) is 33.5 Å². The highest BCUT2D eigenvalue weighted by atomic mass is 35.5. The van der Waals surface area contributed by atoms with Crippen molar-refractivity contribution in [3.8, 4) is 0 Å². The highest BCUT2D eigenvalue weighted by Gasteiger charge is 2.60. The maximum Gasteiger partial charge on any atom is 0.248 e. The van der Waals surface area contributed by atoms with Crippen LogP contribution in [0.1, 0.15) is 102 Å². The monoisotopic (exact) mass is 708 g/mol. The summed E-state index contributed by atoms with van der Waals surface area (Å²) in [6.45, 7) is 1.94. The van der Waals surface area contributed by atoms with Gasteiger partial charge in [-0.05, 0) is 87.2 Å². The Morgan fingerprint density at radius 1 is 1.08 bits per heavy atom. The molecule has 12 heteroatoms. The summed E-state index contributed by atoms with van der Waals surface area (Å²) in [5.74, 6) is -0.369. The number of Topliss-reactive ketones (excluding diaryl/α,β-unsaturated/α-hetero) is 2. The molecule has 4 aliphatic carbocycles. The van der Waals surface area contributed by atoms with Gasteiger partial charge in [0.2, 0.25) is 29.3 Å². The maximum atomic E-state index is 14.7. The van der Waals surface area contributed by atoms with Crippen molar-refractivity contribution in [3.63, 3.8) is 0 Å². The molecular formula is C38H49ClN4O7. The smallest absolute Gasteiger partial charge is 0.248 e. The minimum atomic E-state index is -1.03. The van der Waals surface area contributed by atoms with Crippen LogP contribution in [0.5, 0.6) is 0 Å². The molecule has 2 N–H and O–H groups in total. The molecule has 0 radical (unpaired) electrons. The number of hydrogen-bond donors (Lipinski definition) is 2. The zero-order valence-electron chi connectivity index (χ0n) is 29.1. The first-order chi connectivity index (χ1) is 24.0. The van der Waals surface area contributed by atoms with Gasteiger partial charge in [0.25, 0.3) is 0 Å². The number of halogens is 1. The van der Waals surface area contributed by atoms with Gasteiger partial charge < -0.3 is 25.1 Å². The zero-order valence-corrected chi connectivity index (χ0v) is 29.8. The fraction of sp³-hybridized carbons (Fsp3) is 0.684. The second-order valence-electron chi connectivity index (χ2n) is 15.9. The van der Waals surface area contributed by atoms with Crippen LogP contribution in [-0.4, -0.2) is 82.9 Å². The van der Waals surface area contributed by atoms with Crippen molar-refractivity contribution in [1.29, 1.82) is 0 Å². The first kappa shape index (κ1) is 35.1. The Morgan fingerprint density at radius 2 is 1.88 bits per heavy atom. The van der Waals surface area contributed by atoms with Gasteiger partial charge in [-0.2, -0.15) is 0 Å². The topological polar surface area (TPSA) is 143 Å². The number of rotatable bonds is 15. The molecule has 2 heterocycles. The molecular weight excluding hydrogens is 660 g/mol. The van der Waals surface area contributed by atoms with Crippen molar-refractivity contribution in [2.75, 3.05) is 13.7 Å². The first-order valence-electron chi connectivity index (χ1n) is 18.6. The molecule has 3 amide bonds. The predicted molar refractivity (Wildman–Crippen MR) is 185 cm³/mol. The summed E-state index contributed by atoms with van der Waals surface area (Å²) in [4.78, 5) is 76.2. The third-order valence-corrected chi connectivity index (χ3v) is 12.4. The van der Waals surface area contributed by atoms with Crippen molar-refractivity contribution < 1.29 is 33.5 Å². The normalized spacial score (nSPS) is 30.1. The first-order valence-corrected chi connectivity index (χ1v) is 18.9. The quantitative estimate of drug-likeness (QED) is 0.255. The molecule has 2 bridgehead atoms. The third-order valence-electron chi connectivity index (χ3n) is 12.2. The molecule has 7 atom stereocenters. The van der Waals surface area contributed by atoms with Crippen LogP contribution in [0.2, 0.25) is 5.02 Å². The summed E-state index contributed by atoms with van der Waals surface area (Å²) >= 11 is 6.27. The standard InChI is InChI=1S/C38H49ClN4O7/c1-3-5-28(33(46)31(44)16-22-8-9-22)40-35(47)30-20-37(19-29(42-50-37)25-6-4-7-27(39)17-25)21-43(30)36(48)34(38(49-2)12-13-38)41-32(45)18-26-15-23-10-11-24(26)14-23/h4,6-7,17,22-24,26,28,30,34H,3,5,8-16,18-21H2,1-2H3,(H,40,47)(H,41,45)/t23?,24?,26?,28-,30-,34+,37+/m0/s1. The summed E-state index contributed by atoms with van der Waals surface area (Å²) < 4.78 is 5.89. The molecule has 6 aliphatic rings. The largest absolute Gasteiger partial charge is 0.387 e. The Labute approximate surface area is 298 Å². The summed E-state index contributed by atoms with van der Waals surface area (Å²) in [6.07, 6.45) is 9.60. The van der Waals surface area contributed by atoms with Crippen LogP contribution in [0, 0.1) is 23.7 Å². The average molecular weight is 709 g/mol. The molecule has 11 nitrogen and oxygen atoms in total. The molecule has 1 saturated heterocycles. The van der Waals surface area contributed by atoms with Crippen molar-refractivity contribution in [2.24, 2.45) is 28.8 Å². The number of methoxy groups -OCH3 is 1. The molecule has 5 fully saturated rings. The maximum absolute atomic E-state index is 14.7. The van der Waals surface area contributed by atoms with Gasteiger partial charge in [0.05, 0.1) is 23.9 Å². The second kappa shape index (κ2) is 14.0. The second-order valence-corrected chi connectivity index (χ2v) is 16.3. The molecule has 270 valence electrons. The number of carbonyl (C=O) groups is 5. The van der Waals surface area contributed by atoms with Gasteiger partial charge >= 0.3 is 0 Å². The Kier molecular flexibility index (Phi) is 9.84. The number of oxime groups is 1. The van der Waals surface area contributed by atoms with Crippen LogP contribution in [0.3, 0.4) is 0 Å². The highest BCUT2D eigenvalue weighted by molar-refractivity contribution is 6.39. The number of benzene rings is 1. The predicted octanol–water partition coefficient (Wildman–Crippen LogP) is 4.52. The van der Waals surface area contributed by atoms with Gasteiger partial charge in [-0.3, -0.25) is 24.0 Å². The van der Waals surface area contributed by atoms with Gasteiger partial charge in [0, 0.05) is 43.4 Å². The number of carbonyl (C=O) groups excluding carboxylic acids is 5. The molecule has 7 rings (SSSR count). The molecule has 50 heavy (non-hydrogen) atoms. The number of ketones is 2. The summed E-state index contributed by atoms with van der Waals surface area (Å²) in [6, 6.07) is 4.26. The lowest BCUT2D eigenvalue weighted by molar-refractivity contribution is -0.147. The van der Waals surface area contributed by atoms with E-state index in [1.165, 1.54) is 17.7 Å². The fourth-order valence-corrected chi connectivity index (χ4v) is 9.25. The molecule has 3 unspecified atom stereocenters. The lowest BCUT2D eigenvalue weighted by Gasteiger charge is -2.33. The third kappa shape index (κ3) is 7.22. The van der Waals surface area contributed by atoms with Gasteiger partial charge in [0.1, 0.15) is 12.1 Å². The van der Waals surface area contributed by atoms with E-state index >= 15 is 0 Å². The molecule has 4 saturated carbocycles. The Hall–Kier alpha value is -3.31. The highest BCUT2D eigenvalue weighted by Crippen LogP contribution is 2.50. The molecule has 1 aromatic rings. The SMILES string of the molecule is CCC[C@H](NC(=O)[C@@H]1C[C@]2(CC(c3cccc(Cl)c3)=NO2)CN1C(=O)[C@@H](NC(=O)CC1CC2CCC1C2)C1(OC)CC1)C(=O)C(=O)CC1CC1. The van der Waals surface area contributed by atoms with Crippen molar-refractivity contribution in [3.05, 3.63) is 34.9 Å². The van der Waals surface area contributed by atoms with Crippen LogP contribution in [0.25, 0.3) is 0 Å². The number of nitrogens with one attached hydrogen (secondary N) is 2.